The Morgan fingerprint density at radius 1 is 0.927 bits per heavy atom. The van der Waals surface area contributed by atoms with E-state index in [-0.39, 0.29) is 24.6 Å². The largest absolute Gasteiger partial charge is 0.457 e. The first kappa shape index (κ1) is 31.2. The van der Waals surface area contributed by atoms with Crippen molar-refractivity contribution in [3.05, 3.63) is 78.0 Å². The second kappa shape index (κ2) is 13.8. The third kappa shape index (κ3) is 7.26. The highest BCUT2D eigenvalue weighted by molar-refractivity contribution is 6.36. The molecule has 0 unspecified atom stereocenters. The van der Waals surface area contributed by atoms with Gasteiger partial charge in [0.2, 0.25) is 5.91 Å². The van der Waals surface area contributed by atoms with E-state index in [0.717, 1.165) is 10.0 Å². The van der Waals surface area contributed by atoms with Crippen LogP contribution in [-0.2, 0) is 39.9 Å². The van der Waals surface area contributed by atoms with Crippen LogP contribution in [-0.4, -0.2) is 76.3 Å². The van der Waals surface area contributed by atoms with Gasteiger partial charge in [0, 0.05) is 32.2 Å². The number of hydrazine groups is 1. The number of benzene rings is 2. The van der Waals surface area contributed by atoms with Crippen LogP contribution in [0.4, 0.5) is 0 Å². The molecule has 0 aliphatic carbocycles. The average molecular weight is 564 g/mol. The van der Waals surface area contributed by atoms with Crippen LogP contribution < -0.4 is 0 Å². The molecule has 10 heteroatoms. The van der Waals surface area contributed by atoms with Gasteiger partial charge in [-0.15, -0.1) is 0 Å². The van der Waals surface area contributed by atoms with Crippen LogP contribution in [0.2, 0.25) is 0 Å². The summed E-state index contributed by atoms with van der Waals surface area (Å²) in [5, 5.41) is 2.15. The second-order valence-electron chi connectivity index (χ2n) is 10.3. The van der Waals surface area contributed by atoms with Crippen LogP contribution in [0, 0.1) is 5.92 Å². The van der Waals surface area contributed by atoms with E-state index in [9.17, 15) is 24.0 Å². The van der Waals surface area contributed by atoms with Gasteiger partial charge in [0.25, 0.3) is 17.6 Å². The maximum atomic E-state index is 14.4. The predicted molar refractivity (Wildman–Crippen MR) is 151 cm³/mol. The zero-order valence-corrected chi connectivity index (χ0v) is 24.3. The molecule has 0 spiro atoms. The number of hydrogen-bond acceptors (Lipinski definition) is 7. The Kier molecular flexibility index (Phi) is 10.5. The van der Waals surface area contributed by atoms with E-state index in [1.807, 2.05) is 0 Å². The molecule has 3 rings (SSSR count). The highest BCUT2D eigenvalue weighted by Crippen LogP contribution is 2.33. The lowest BCUT2D eigenvalue weighted by atomic mass is 9.97. The number of Topliss-reactive ketones (excluding diaryl/α,β-unsaturated/α-hetero) is 1. The quantitative estimate of drug-likeness (QED) is 0.305. The number of methoxy groups -OCH3 is 1. The molecule has 1 aliphatic heterocycles. The van der Waals surface area contributed by atoms with Crippen molar-refractivity contribution in [2.75, 3.05) is 13.7 Å². The van der Waals surface area contributed by atoms with Crippen LogP contribution in [0.5, 0.6) is 0 Å². The SMILES string of the molecule is COCC(=O)N1C=C(c2ccccc2)N(N(C(C)=O)[C@@H](Cc2ccccc2)C(=O)C(=O)OC(C)C)C(=O)[C@H]1C(C)C. The predicted octanol–water partition coefficient (Wildman–Crippen LogP) is 3.22. The van der Waals surface area contributed by atoms with E-state index in [1.54, 1.807) is 88.4 Å². The molecule has 3 amide bonds. The summed E-state index contributed by atoms with van der Waals surface area (Å²) >= 11 is 0. The number of nitrogens with zero attached hydrogens (tertiary/aromatic N) is 3. The van der Waals surface area contributed by atoms with Crippen molar-refractivity contribution in [3.8, 4) is 0 Å². The standard InChI is InChI=1S/C31H37N3O7/c1-20(2)28-30(38)34(26(24-15-11-8-12-16-24)18-32(28)27(36)19-40-6)33(22(5)35)25(17-23-13-9-7-10-14-23)29(37)31(39)41-21(3)4/h7-16,18,20-21,25,28H,17,19H2,1-6H3/t25-,28+/m0/s1. The molecule has 10 nitrogen and oxygen atoms in total. The van der Waals surface area contributed by atoms with Crippen molar-refractivity contribution >= 4 is 35.2 Å². The van der Waals surface area contributed by atoms with Gasteiger partial charge >= 0.3 is 5.97 Å². The third-order valence-corrected chi connectivity index (χ3v) is 6.46. The van der Waals surface area contributed by atoms with Crippen molar-refractivity contribution in [1.82, 2.24) is 14.9 Å². The monoisotopic (exact) mass is 563 g/mol. The number of rotatable bonds is 11. The van der Waals surface area contributed by atoms with Gasteiger partial charge in [-0.1, -0.05) is 74.5 Å². The van der Waals surface area contributed by atoms with E-state index in [1.165, 1.54) is 25.1 Å². The van der Waals surface area contributed by atoms with E-state index in [4.69, 9.17) is 9.47 Å². The lowest BCUT2D eigenvalue weighted by Gasteiger charge is -2.46. The second-order valence-corrected chi connectivity index (χ2v) is 10.3. The molecule has 2 aromatic carbocycles. The normalized spacial score (nSPS) is 16.0. The van der Waals surface area contributed by atoms with Crippen molar-refractivity contribution in [1.29, 1.82) is 0 Å². The fourth-order valence-electron chi connectivity index (χ4n) is 4.72. The van der Waals surface area contributed by atoms with E-state index in [2.05, 4.69) is 0 Å². The number of carbonyl (C=O) groups is 5. The number of carbonyl (C=O) groups excluding carboxylic acids is 5. The van der Waals surface area contributed by atoms with Gasteiger partial charge in [-0.3, -0.25) is 19.2 Å². The topological polar surface area (TPSA) is 114 Å². The molecule has 0 fully saturated rings. The number of hydrogen-bond donors (Lipinski definition) is 0. The first-order chi connectivity index (χ1) is 19.5. The number of ketones is 1. The molecule has 2 aromatic rings. The molecule has 0 aromatic heterocycles. The minimum Gasteiger partial charge on any atom is -0.457 e. The summed E-state index contributed by atoms with van der Waals surface area (Å²) in [7, 11) is 1.38. The van der Waals surface area contributed by atoms with Crippen LogP contribution in [0.1, 0.15) is 45.7 Å². The summed E-state index contributed by atoms with van der Waals surface area (Å²) in [5.41, 5.74) is 1.37. The van der Waals surface area contributed by atoms with Crippen LogP contribution in [0.15, 0.2) is 66.9 Å². The van der Waals surface area contributed by atoms with Gasteiger partial charge in [0.1, 0.15) is 18.7 Å². The van der Waals surface area contributed by atoms with Gasteiger partial charge in [0.05, 0.1) is 11.8 Å². The Morgan fingerprint density at radius 2 is 1.51 bits per heavy atom. The number of esters is 1. The highest BCUT2D eigenvalue weighted by atomic mass is 16.5. The molecule has 0 bridgehead atoms. The first-order valence-electron chi connectivity index (χ1n) is 13.5. The Balaban J connectivity index is 2.26. The Labute approximate surface area is 240 Å². The van der Waals surface area contributed by atoms with Gasteiger partial charge in [-0.25, -0.2) is 14.8 Å². The Hall–Kier alpha value is -4.31. The Bertz CT molecular complexity index is 1290. The number of ether oxygens (including phenoxy) is 2. The summed E-state index contributed by atoms with van der Waals surface area (Å²) in [5.74, 6) is -4.16. The fourth-order valence-corrected chi connectivity index (χ4v) is 4.72. The molecule has 0 saturated heterocycles. The van der Waals surface area contributed by atoms with Gasteiger partial charge < -0.3 is 14.4 Å². The fraction of sp³-hybridized carbons (Fsp3) is 0.387. The van der Waals surface area contributed by atoms with E-state index in [0.29, 0.717) is 11.1 Å². The van der Waals surface area contributed by atoms with Gasteiger partial charge in [0.15, 0.2) is 0 Å². The highest BCUT2D eigenvalue weighted by Gasteiger charge is 2.47. The molecular weight excluding hydrogens is 526 g/mol. The first-order valence-corrected chi connectivity index (χ1v) is 13.5. The average Bonchev–Trinajstić information content (AvgIpc) is 2.93. The van der Waals surface area contributed by atoms with Crippen molar-refractivity contribution < 1.29 is 33.4 Å². The molecule has 2 atom stereocenters. The molecular formula is C31H37N3O7. The Morgan fingerprint density at radius 3 is 2.02 bits per heavy atom. The molecule has 218 valence electrons. The van der Waals surface area contributed by atoms with Crippen LogP contribution in [0.25, 0.3) is 5.70 Å². The lowest BCUT2D eigenvalue weighted by Crippen LogP contribution is -2.64. The minimum absolute atomic E-state index is 0.0586. The molecule has 41 heavy (non-hydrogen) atoms. The summed E-state index contributed by atoms with van der Waals surface area (Å²) < 4.78 is 10.3. The summed E-state index contributed by atoms with van der Waals surface area (Å²) in [4.78, 5) is 68.8. The van der Waals surface area contributed by atoms with Crippen molar-refractivity contribution in [3.63, 3.8) is 0 Å². The summed E-state index contributed by atoms with van der Waals surface area (Å²) in [6, 6.07) is 15.2. The zero-order chi connectivity index (χ0) is 30.3. The molecule has 0 saturated carbocycles. The van der Waals surface area contributed by atoms with Crippen LogP contribution >= 0.6 is 0 Å². The van der Waals surface area contributed by atoms with Crippen LogP contribution in [0.3, 0.4) is 0 Å². The van der Waals surface area contributed by atoms with Crippen molar-refractivity contribution in [2.45, 2.75) is 59.2 Å². The molecule has 0 N–H and O–H groups in total. The van der Waals surface area contributed by atoms with Gasteiger partial charge in [-0.05, 0) is 25.3 Å². The summed E-state index contributed by atoms with van der Waals surface area (Å²) in [6.45, 7) is 7.75. The summed E-state index contributed by atoms with van der Waals surface area (Å²) in [6.07, 6.45) is 0.864. The lowest BCUT2D eigenvalue weighted by molar-refractivity contribution is -0.173. The van der Waals surface area contributed by atoms with Gasteiger partial charge in [-0.2, -0.15) is 0 Å². The molecule has 0 radical (unpaired) electrons. The van der Waals surface area contributed by atoms with Crippen molar-refractivity contribution in [2.24, 2.45) is 5.92 Å². The molecule has 1 heterocycles. The van der Waals surface area contributed by atoms with E-state index >= 15 is 0 Å². The third-order valence-electron chi connectivity index (χ3n) is 6.46. The molecule has 1 aliphatic rings. The zero-order valence-electron chi connectivity index (χ0n) is 24.3. The number of amides is 3. The maximum Gasteiger partial charge on any atom is 0.377 e. The minimum atomic E-state index is -1.41. The smallest absolute Gasteiger partial charge is 0.377 e. The van der Waals surface area contributed by atoms with E-state index < -0.39 is 47.7 Å². The maximum absolute atomic E-state index is 14.4.